The van der Waals surface area contributed by atoms with Gasteiger partial charge in [0.15, 0.2) is 6.10 Å². The van der Waals surface area contributed by atoms with E-state index in [0.717, 1.165) is 22.4 Å². The summed E-state index contributed by atoms with van der Waals surface area (Å²) in [6.07, 6.45) is 0.826. The molecule has 0 heterocycles. The number of rotatable bonds is 11. The number of benzene rings is 4. The molecule has 0 aliphatic rings. The van der Waals surface area contributed by atoms with Gasteiger partial charge in [-0.2, -0.15) is 5.10 Å². The van der Waals surface area contributed by atoms with Crippen LogP contribution in [0, 0.1) is 0 Å². The number of carbonyl (C=O) groups excluding carboxylic acids is 1. The van der Waals surface area contributed by atoms with Gasteiger partial charge in [0.25, 0.3) is 5.91 Å². The van der Waals surface area contributed by atoms with Crippen LogP contribution in [-0.4, -0.2) is 18.2 Å². The van der Waals surface area contributed by atoms with Crippen molar-refractivity contribution in [3.05, 3.63) is 126 Å². The van der Waals surface area contributed by atoms with Crippen molar-refractivity contribution < 1.29 is 19.0 Å². The van der Waals surface area contributed by atoms with Gasteiger partial charge < -0.3 is 14.2 Å². The Kier molecular flexibility index (Phi) is 8.70. The lowest BCUT2D eigenvalue weighted by Gasteiger charge is -2.14. The van der Waals surface area contributed by atoms with Crippen molar-refractivity contribution in [1.82, 2.24) is 5.43 Å². The molecule has 182 valence electrons. The molecule has 0 radical (unpaired) electrons. The van der Waals surface area contributed by atoms with Gasteiger partial charge in [-0.3, -0.25) is 4.79 Å². The molecule has 6 heteroatoms. The molecule has 4 rings (SSSR count). The monoisotopic (exact) mass is 480 g/mol. The van der Waals surface area contributed by atoms with Gasteiger partial charge >= 0.3 is 0 Å². The second kappa shape index (κ2) is 12.8. The van der Waals surface area contributed by atoms with Crippen LogP contribution in [0.15, 0.2) is 114 Å². The van der Waals surface area contributed by atoms with E-state index < -0.39 is 6.10 Å². The minimum absolute atomic E-state index is 0.363. The largest absolute Gasteiger partial charge is 0.489 e. The summed E-state index contributed by atoms with van der Waals surface area (Å²) in [7, 11) is 0. The Morgan fingerprint density at radius 3 is 1.97 bits per heavy atom. The zero-order valence-electron chi connectivity index (χ0n) is 20.0. The maximum Gasteiger partial charge on any atom is 0.280 e. The standard InChI is InChI=1S/C30H28N2O4/c1-23(36-28-18-16-27(17-19-28)34-21-24-10-4-2-5-11-24)30(33)32-31-20-26-14-8-9-15-29(26)35-22-25-12-6-3-7-13-25/h2-20,23H,21-22H2,1H3,(H,32,33)/b31-20+. The summed E-state index contributed by atoms with van der Waals surface area (Å²) in [5, 5.41) is 4.08. The molecule has 36 heavy (non-hydrogen) atoms. The molecule has 4 aromatic carbocycles. The first-order chi connectivity index (χ1) is 17.7. The summed E-state index contributed by atoms with van der Waals surface area (Å²) in [6, 6.07) is 34.5. The smallest absolute Gasteiger partial charge is 0.280 e. The van der Waals surface area contributed by atoms with Crippen LogP contribution in [0.4, 0.5) is 0 Å². The molecule has 6 nitrogen and oxygen atoms in total. The third-order valence-corrected chi connectivity index (χ3v) is 5.29. The zero-order chi connectivity index (χ0) is 25.0. The molecule has 1 unspecified atom stereocenters. The molecule has 0 aliphatic heterocycles. The van der Waals surface area contributed by atoms with E-state index >= 15 is 0 Å². The number of para-hydroxylation sites is 1. The third-order valence-electron chi connectivity index (χ3n) is 5.29. The first-order valence-electron chi connectivity index (χ1n) is 11.7. The first-order valence-corrected chi connectivity index (χ1v) is 11.7. The van der Waals surface area contributed by atoms with Crippen LogP contribution < -0.4 is 19.6 Å². The lowest BCUT2D eigenvalue weighted by molar-refractivity contribution is -0.127. The van der Waals surface area contributed by atoms with Crippen LogP contribution >= 0.6 is 0 Å². The number of hydrogen-bond acceptors (Lipinski definition) is 5. The average Bonchev–Trinajstić information content (AvgIpc) is 2.93. The van der Waals surface area contributed by atoms with Crippen LogP contribution in [0.5, 0.6) is 17.2 Å². The van der Waals surface area contributed by atoms with Crippen LogP contribution in [0.25, 0.3) is 0 Å². The van der Waals surface area contributed by atoms with Gasteiger partial charge in [-0.25, -0.2) is 5.43 Å². The van der Waals surface area contributed by atoms with E-state index in [-0.39, 0.29) is 5.91 Å². The minimum atomic E-state index is -0.734. The highest BCUT2D eigenvalue weighted by atomic mass is 16.5. The molecule has 0 spiro atoms. The highest BCUT2D eigenvalue weighted by Gasteiger charge is 2.14. The molecule has 0 bridgehead atoms. The predicted octanol–water partition coefficient (Wildman–Crippen LogP) is 5.76. The lowest BCUT2D eigenvalue weighted by atomic mass is 10.2. The molecule has 0 saturated heterocycles. The molecular weight excluding hydrogens is 452 g/mol. The Morgan fingerprint density at radius 1 is 0.750 bits per heavy atom. The van der Waals surface area contributed by atoms with Gasteiger partial charge in [0.05, 0.1) is 6.21 Å². The summed E-state index contributed by atoms with van der Waals surface area (Å²) in [5.41, 5.74) is 5.45. The number of nitrogens with zero attached hydrogens (tertiary/aromatic N) is 1. The van der Waals surface area contributed by atoms with Gasteiger partial charge in [-0.15, -0.1) is 0 Å². The van der Waals surface area contributed by atoms with Gasteiger partial charge in [-0.1, -0.05) is 72.8 Å². The van der Waals surface area contributed by atoms with Crippen molar-refractivity contribution in [2.45, 2.75) is 26.2 Å². The number of ether oxygens (including phenoxy) is 3. The minimum Gasteiger partial charge on any atom is -0.489 e. The first kappa shape index (κ1) is 24.5. The second-order valence-corrected chi connectivity index (χ2v) is 8.05. The number of amides is 1. The van der Waals surface area contributed by atoms with Crippen molar-refractivity contribution in [2.75, 3.05) is 0 Å². The van der Waals surface area contributed by atoms with E-state index in [2.05, 4.69) is 10.5 Å². The molecule has 0 fully saturated rings. The number of hydrazone groups is 1. The van der Waals surface area contributed by atoms with Crippen molar-refractivity contribution in [1.29, 1.82) is 0 Å². The van der Waals surface area contributed by atoms with Crippen LogP contribution in [-0.2, 0) is 18.0 Å². The van der Waals surface area contributed by atoms with Crippen LogP contribution in [0.1, 0.15) is 23.6 Å². The van der Waals surface area contributed by atoms with Gasteiger partial charge in [-0.05, 0) is 54.4 Å². The fraction of sp³-hybridized carbons (Fsp3) is 0.133. The van der Waals surface area contributed by atoms with E-state index in [1.807, 2.05) is 97.1 Å². The summed E-state index contributed by atoms with van der Waals surface area (Å²) in [4.78, 5) is 12.5. The number of hydrogen-bond donors (Lipinski definition) is 1. The van der Waals surface area contributed by atoms with Crippen molar-refractivity contribution in [3.63, 3.8) is 0 Å². The Bertz CT molecular complexity index is 1260. The molecule has 4 aromatic rings. The highest BCUT2D eigenvalue weighted by Crippen LogP contribution is 2.20. The average molecular weight is 481 g/mol. The Hall–Kier alpha value is -4.58. The van der Waals surface area contributed by atoms with Crippen molar-refractivity contribution >= 4 is 12.1 Å². The fourth-order valence-electron chi connectivity index (χ4n) is 3.32. The van der Waals surface area contributed by atoms with E-state index in [0.29, 0.717) is 24.7 Å². The lowest BCUT2D eigenvalue weighted by Crippen LogP contribution is -2.33. The molecule has 1 amide bonds. The van der Waals surface area contributed by atoms with E-state index in [9.17, 15) is 4.79 Å². The van der Waals surface area contributed by atoms with Gasteiger partial charge in [0, 0.05) is 5.56 Å². The Morgan fingerprint density at radius 2 is 1.31 bits per heavy atom. The van der Waals surface area contributed by atoms with E-state index in [1.54, 1.807) is 25.3 Å². The van der Waals surface area contributed by atoms with Crippen LogP contribution in [0.2, 0.25) is 0 Å². The normalized spacial score (nSPS) is 11.6. The number of carbonyl (C=O) groups is 1. The maximum absolute atomic E-state index is 12.5. The second-order valence-electron chi connectivity index (χ2n) is 8.05. The molecule has 1 atom stereocenters. The zero-order valence-corrected chi connectivity index (χ0v) is 20.0. The van der Waals surface area contributed by atoms with E-state index in [1.165, 1.54) is 0 Å². The van der Waals surface area contributed by atoms with Crippen molar-refractivity contribution in [3.8, 4) is 17.2 Å². The predicted molar refractivity (Wildman–Crippen MR) is 140 cm³/mol. The summed E-state index contributed by atoms with van der Waals surface area (Å²) in [5.74, 6) is 1.60. The third kappa shape index (κ3) is 7.46. The Labute approximate surface area is 211 Å². The Balaban J connectivity index is 1.25. The van der Waals surface area contributed by atoms with E-state index in [4.69, 9.17) is 14.2 Å². The summed E-state index contributed by atoms with van der Waals surface area (Å²) in [6.45, 7) is 2.60. The molecular formula is C30H28N2O4. The fourth-order valence-corrected chi connectivity index (χ4v) is 3.32. The van der Waals surface area contributed by atoms with Gasteiger partial charge in [0.2, 0.25) is 0 Å². The SMILES string of the molecule is CC(Oc1ccc(OCc2ccccc2)cc1)C(=O)N/N=C/c1ccccc1OCc1ccccc1. The number of nitrogens with one attached hydrogen (secondary N) is 1. The van der Waals surface area contributed by atoms with Gasteiger partial charge in [0.1, 0.15) is 30.5 Å². The molecule has 0 aliphatic carbocycles. The van der Waals surface area contributed by atoms with Crippen molar-refractivity contribution in [2.24, 2.45) is 5.10 Å². The van der Waals surface area contributed by atoms with Crippen LogP contribution in [0.3, 0.4) is 0 Å². The molecule has 1 N–H and O–H groups in total. The topological polar surface area (TPSA) is 69.2 Å². The summed E-state index contributed by atoms with van der Waals surface area (Å²) < 4.78 is 17.4. The maximum atomic E-state index is 12.5. The summed E-state index contributed by atoms with van der Waals surface area (Å²) >= 11 is 0. The highest BCUT2D eigenvalue weighted by molar-refractivity contribution is 5.86. The molecule has 0 aromatic heterocycles. The molecule has 0 saturated carbocycles. The quantitative estimate of drug-likeness (QED) is 0.219.